The molecule has 3 nitrogen and oxygen atoms in total. The molecule has 0 atom stereocenters. The summed E-state index contributed by atoms with van der Waals surface area (Å²) in [6.07, 6.45) is 5.14. The molecule has 0 radical (unpaired) electrons. The van der Waals surface area contributed by atoms with Crippen LogP contribution in [-0.4, -0.2) is 9.97 Å². The number of fused-ring (bicyclic) bond motifs is 1. The summed E-state index contributed by atoms with van der Waals surface area (Å²) in [6, 6.07) is 15.7. The van der Waals surface area contributed by atoms with Crippen molar-refractivity contribution in [2.75, 3.05) is 0 Å². The fourth-order valence-electron chi connectivity index (χ4n) is 2.53. The van der Waals surface area contributed by atoms with E-state index in [1.165, 1.54) is 0 Å². The van der Waals surface area contributed by atoms with Crippen molar-refractivity contribution in [2.45, 2.75) is 0 Å². The topological polar surface area (TPSA) is 38.9 Å². The van der Waals surface area contributed by atoms with Gasteiger partial charge in [-0.15, -0.1) is 0 Å². The summed E-state index contributed by atoms with van der Waals surface area (Å²) >= 11 is 6.04. The highest BCUT2D eigenvalue weighted by atomic mass is 35.5. The molecule has 4 heteroatoms. The minimum absolute atomic E-state index is 0.558. The number of halogens is 1. The van der Waals surface area contributed by atoms with Crippen LogP contribution in [0.1, 0.15) is 0 Å². The molecular weight excluding hydrogens is 296 g/mol. The van der Waals surface area contributed by atoms with Gasteiger partial charge in [-0.1, -0.05) is 41.9 Å². The molecule has 0 fully saturated rings. The normalized spacial score (nSPS) is 11.0. The molecule has 0 aliphatic carbocycles. The molecule has 0 saturated carbocycles. The van der Waals surface area contributed by atoms with Crippen molar-refractivity contribution in [1.29, 1.82) is 0 Å². The Morgan fingerprint density at radius 2 is 1.68 bits per heavy atom. The molecule has 1 aromatic carbocycles. The smallest absolute Gasteiger partial charge is 0.155 e. The van der Waals surface area contributed by atoms with Crippen molar-refractivity contribution in [3.8, 4) is 22.5 Å². The zero-order valence-corrected chi connectivity index (χ0v) is 12.3. The average molecular weight is 307 g/mol. The Labute approximate surface area is 132 Å². The van der Waals surface area contributed by atoms with E-state index in [4.69, 9.17) is 16.0 Å². The Bertz CT molecular complexity index is 933. The lowest BCUT2D eigenvalue weighted by atomic mass is 10.0. The second-order valence-electron chi connectivity index (χ2n) is 4.91. The van der Waals surface area contributed by atoms with Gasteiger partial charge in [0, 0.05) is 30.2 Å². The minimum atomic E-state index is 0.558. The molecule has 22 heavy (non-hydrogen) atoms. The van der Waals surface area contributed by atoms with Crippen LogP contribution in [0.3, 0.4) is 0 Å². The van der Waals surface area contributed by atoms with Crippen molar-refractivity contribution in [3.05, 3.63) is 72.1 Å². The summed E-state index contributed by atoms with van der Waals surface area (Å²) < 4.78 is 6.05. The van der Waals surface area contributed by atoms with Crippen molar-refractivity contribution >= 4 is 22.7 Å². The van der Waals surface area contributed by atoms with E-state index in [0.717, 1.165) is 28.0 Å². The van der Waals surface area contributed by atoms with Gasteiger partial charge in [0.05, 0.1) is 10.6 Å². The Morgan fingerprint density at radius 1 is 0.909 bits per heavy atom. The molecule has 3 heterocycles. The van der Waals surface area contributed by atoms with Crippen molar-refractivity contribution in [2.24, 2.45) is 0 Å². The average Bonchev–Trinajstić information content (AvgIpc) is 2.95. The van der Waals surface area contributed by atoms with E-state index in [0.29, 0.717) is 10.6 Å². The third-order valence-corrected chi connectivity index (χ3v) is 3.71. The minimum Gasteiger partial charge on any atom is -0.454 e. The predicted molar refractivity (Wildman–Crippen MR) is 87.7 cm³/mol. The van der Waals surface area contributed by atoms with Gasteiger partial charge in [0.2, 0.25) is 0 Å². The highest BCUT2D eigenvalue weighted by molar-refractivity contribution is 6.31. The molecule has 0 unspecified atom stereocenters. The fraction of sp³-hybridized carbons (Fsp3) is 0. The molecule has 4 rings (SSSR count). The first-order chi connectivity index (χ1) is 10.8. The second-order valence-corrected chi connectivity index (χ2v) is 5.34. The molecule has 0 aliphatic rings. The molecule has 0 saturated heterocycles. The van der Waals surface area contributed by atoms with Crippen molar-refractivity contribution < 1.29 is 4.42 Å². The molecular formula is C18H11ClN2O. The summed E-state index contributed by atoms with van der Waals surface area (Å²) in [7, 11) is 0. The lowest BCUT2D eigenvalue weighted by Gasteiger charge is -2.03. The lowest BCUT2D eigenvalue weighted by molar-refractivity contribution is 0.632. The number of aromatic nitrogens is 2. The van der Waals surface area contributed by atoms with E-state index in [1.807, 2.05) is 42.5 Å². The number of hydrogen-bond donors (Lipinski definition) is 0. The molecule has 106 valence electrons. The number of rotatable bonds is 2. The zero-order chi connectivity index (χ0) is 14.9. The zero-order valence-electron chi connectivity index (χ0n) is 11.5. The van der Waals surface area contributed by atoms with Crippen molar-refractivity contribution in [3.63, 3.8) is 0 Å². The first kappa shape index (κ1) is 13.0. The summed E-state index contributed by atoms with van der Waals surface area (Å²) in [5.41, 5.74) is 4.48. The van der Waals surface area contributed by atoms with E-state index >= 15 is 0 Å². The van der Waals surface area contributed by atoms with Gasteiger partial charge in [0.15, 0.2) is 5.58 Å². The largest absolute Gasteiger partial charge is 0.454 e. The van der Waals surface area contributed by atoms with Gasteiger partial charge in [-0.3, -0.25) is 9.97 Å². The van der Waals surface area contributed by atoms with E-state index in [-0.39, 0.29) is 0 Å². The van der Waals surface area contributed by atoms with Crippen LogP contribution in [0.5, 0.6) is 0 Å². The van der Waals surface area contributed by atoms with Crippen LogP contribution < -0.4 is 0 Å². The van der Waals surface area contributed by atoms with E-state index in [9.17, 15) is 0 Å². The van der Waals surface area contributed by atoms with E-state index < -0.39 is 0 Å². The van der Waals surface area contributed by atoms with Gasteiger partial charge in [-0.2, -0.15) is 0 Å². The van der Waals surface area contributed by atoms with E-state index in [1.54, 1.807) is 24.7 Å². The molecule has 0 spiro atoms. The van der Waals surface area contributed by atoms with Crippen LogP contribution in [0.25, 0.3) is 33.6 Å². The van der Waals surface area contributed by atoms with Crippen LogP contribution >= 0.6 is 11.6 Å². The molecule has 3 aromatic heterocycles. The lowest BCUT2D eigenvalue weighted by Crippen LogP contribution is -1.82. The summed E-state index contributed by atoms with van der Waals surface area (Å²) in [5.74, 6) is 0.776. The van der Waals surface area contributed by atoms with Gasteiger partial charge >= 0.3 is 0 Å². The van der Waals surface area contributed by atoms with Gasteiger partial charge in [0.1, 0.15) is 11.3 Å². The highest BCUT2D eigenvalue weighted by Gasteiger charge is 2.18. The van der Waals surface area contributed by atoms with Crippen LogP contribution in [-0.2, 0) is 0 Å². The monoisotopic (exact) mass is 306 g/mol. The van der Waals surface area contributed by atoms with Crippen LogP contribution in [0.4, 0.5) is 0 Å². The number of hydrogen-bond acceptors (Lipinski definition) is 3. The quantitative estimate of drug-likeness (QED) is 0.510. The van der Waals surface area contributed by atoms with Gasteiger partial charge in [-0.05, 0) is 17.7 Å². The van der Waals surface area contributed by atoms with Crippen molar-refractivity contribution in [1.82, 2.24) is 9.97 Å². The maximum atomic E-state index is 6.05. The summed E-state index contributed by atoms with van der Waals surface area (Å²) in [5, 5.41) is 0.558. The highest BCUT2D eigenvalue weighted by Crippen LogP contribution is 2.40. The van der Waals surface area contributed by atoms with Gasteiger partial charge < -0.3 is 4.42 Å². The van der Waals surface area contributed by atoms with Crippen LogP contribution in [0, 0.1) is 0 Å². The predicted octanol–water partition coefficient (Wildman–Crippen LogP) is 5.21. The standard InChI is InChI=1S/C18H11ClN2O/c19-14-10-15-17(21-11-14)16(12-4-2-1-3-5-12)18(22-15)13-6-8-20-9-7-13/h1-11H. The number of nitrogens with zero attached hydrogens (tertiary/aromatic N) is 2. The Hall–Kier alpha value is -2.65. The second kappa shape index (κ2) is 5.28. The third-order valence-electron chi connectivity index (χ3n) is 3.50. The molecule has 0 aliphatic heterocycles. The van der Waals surface area contributed by atoms with Crippen LogP contribution in [0.15, 0.2) is 71.5 Å². The molecule has 0 bridgehead atoms. The van der Waals surface area contributed by atoms with Gasteiger partial charge in [-0.25, -0.2) is 0 Å². The maximum Gasteiger partial charge on any atom is 0.155 e. The summed E-state index contributed by atoms with van der Waals surface area (Å²) in [4.78, 5) is 8.52. The molecule has 0 N–H and O–H groups in total. The molecule has 4 aromatic rings. The first-order valence-electron chi connectivity index (χ1n) is 6.87. The Morgan fingerprint density at radius 3 is 2.45 bits per heavy atom. The SMILES string of the molecule is Clc1cnc2c(-c3ccccc3)c(-c3ccncc3)oc2c1. The maximum absolute atomic E-state index is 6.05. The Kier molecular flexibility index (Phi) is 3.13. The van der Waals surface area contributed by atoms with Crippen LogP contribution in [0.2, 0.25) is 5.02 Å². The fourth-order valence-corrected chi connectivity index (χ4v) is 2.68. The first-order valence-corrected chi connectivity index (χ1v) is 7.24. The molecule has 0 amide bonds. The number of benzene rings is 1. The number of furan rings is 1. The Balaban J connectivity index is 2.07. The summed E-state index contributed by atoms with van der Waals surface area (Å²) in [6.45, 7) is 0. The van der Waals surface area contributed by atoms with Gasteiger partial charge in [0.25, 0.3) is 0 Å². The van der Waals surface area contributed by atoms with E-state index in [2.05, 4.69) is 9.97 Å². The number of pyridine rings is 2. The third kappa shape index (κ3) is 2.16.